The van der Waals surface area contributed by atoms with Gasteiger partial charge in [-0.3, -0.25) is 4.79 Å². The lowest BCUT2D eigenvalue weighted by Gasteiger charge is -2.34. The van der Waals surface area contributed by atoms with Gasteiger partial charge in [0, 0.05) is 32.2 Å². The molecule has 4 N–H and O–H groups in total. The third-order valence-corrected chi connectivity index (χ3v) is 5.88. The van der Waals surface area contributed by atoms with Gasteiger partial charge >= 0.3 is 0 Å². The van der Waals surface area contributed by atoms with Crippen LogP contribution in [-0.2, 0) is 0 Å². The first-order valence-corrected chi connectivity index (χ1v) is 10.6. The van der Waals surface area contributed by atoms with E-state index in [2.05, 4.69) is 42.3 Å². The van der Waals surface area contributed by atoms with Gasteiger partial charge in [0.25, 0.3) is 5.91 Å². The zero-order chi connectivity index (χ0) is 20.9. The van der Waals surface area contributed by atoms with E-state index in [1.165, 1.54) is 17.5 Å². The van der Waals surface area contributed by atoms with E-state index in [1.807, 2.05) is 18.2 Å². The summed E-state index contributed by atoms with van der Waals surface area (Å²) in [5.41, 5.74) is 6.98. The number of thiazole rings is 1. The van der Waals surface area contributed by atoms with Crippen molar-refractivity contribution in [1.29, 1.82) is 0 Å². The number of nitrogens with zero attached hydrogens (tertiary/aromatic N) is 5. The van der Waals surface area contributed by atoms with Crippen LogP contribution in [0.4, 0.5) is 28.1 Å². The third-order valence-electron chi connectivity index (χ3n) is 4.97. The Bertz CT molecular complexity index is 1020. The first kappa shape index (κ1) is 20.0. The van der Waals surface area contributed by atoms with E-state index < -0.39 is 0 Å². The number of aromatic nitrogens is 3. The van der Waals surface area contributed by atoms with E-state index >= 15 is 0 Å². The van der Waals surface area contributed by atoms with Crippen molar-refractivity contribution in [3.8, 4) is 0 Å². The molecule has 30 heavy (non-hydrogen) atoms. The Morgan fingerprint density at radius 1 is 1.17 bits per heavy atom. The van der Waals surface area contributed by atoms with Crippen molar-refractivity contribution in [2.45, 2.75) is 6.92 Å². The Morgan fingerprint density at radius 3 is 2.73 bits per heavy atom. The van der Waals surface area contributed by atoms with Gasteiger partial charge in [0.05, 0.1) is 17.6 Å². The topological polar surface area (TPSA) is 112 Å². The number of benzene rings is 1. The maximum Gasteiger partial charge on any atom is 0.267 e. The zero-order valence-corrected chi connectivity index (χ0v) is 17.5. The maximum absolute atomic E-state index is 12.5. The van der Waals surface area contributed by atoms with E-state index in [1.54, 1.807) is 18.5 Å². The van der Waals surface area contributed by atoms with E-state index in [-0.39, 0.29) is 5.91 Å². The molecule has 1 saturated heterocycles. The summed E-state index contributed by atoms with van der Waals surface area (Å²) in [5.74, 6) is 1.28. The summed E-state index contributed by atoms with van der Waals surface area (Å²) in [4.78, 5) is 30.6. The minimum absolute atomic E-state index is 0.254. The molecular weight excluding hydrogens is 400 g/mol. The largest absolute Gasteiger partial charge is 0.397 e. The summed E-state index contributed by atoms with van der Waals surface area (Å²) in [6.07, 6.45) is 3.08. The molecule has 0 spiro atoms. The van der Waals surface area contributed by atoms with E-state index in [0.29, 0.717) is 27.2 Å². The van der Waals surface area contributed by atoms with Crippen LogP contribution in [-0.4, -0.2) is 58.5 Å². The number of nitrogens with two attached hydrogens (primary N) is 1. The number of rotatable bonds is 6. The summed E-state index contributed by atoms with van der Waals surface area (Å²) in [6, 6.07) is 9.05. The fraction of sp³-hybridized carbons (Fsp3) is 0.300. The second-order valence-electron chi connectivity index (χ2n) is 6.88. The number of carbonyl (C=O) groups excluding carboxylic acids is 1. The molecule has 10 heteroatoms. The molecule has 0 aliphatic carbocycles. The van der Waals surface area contributed by atoms with Gasteiger partial charge in [-0.2, -0.15) is 0 Å². The summed E-state index contributed by atoms with van der Waals surface area (Å²) >= 11 is 1.25. The molecule has 0 bridgehead atoms. The number of nitrogens with one attached hydrogen (secondary N) is 2. The molecule has 2 aromatic heterocycles. The van der Waals surface area contributed by atoms with Gasteiger partial charge in [-0.05, 0) is 18.7 Å². The van der Waals surface area contributed by atoms with Crippen LogP contribution in [0, 0.1) is 0 Å². The quantitative estimate of drug-likeness (QED) is 0.518. The van der Waals surface area contributed by atoms with Gasteiger partial charge in [-0.1, -0.05) is 30.4 Å². The normalized spacial score (nSPS) is 14.5. The number of likely N-dealkylation sites (N-methyl/N-ethyl adjacent to an activating group) is 1. The Balaban J connectivity index is 1.40. The molecule has 9 nitrogen and oxygen atoms in total. The Hall–Kier alpha value is -3.24. The van der Waals surface area contributed by atoms with Crippen LogP contribution >= 0.6 is 11.3 Å². The lowest BCUT2D eigenvalue weighted by molar-refractivity contribution is 0.103. The van der Waals surface area contributed by atoms with Crippen LogP contribution in [0.3, 0.4) is 0 Å². The summed E-state index contributed by atoms with van der Waals surface area (Å²) in [6.45, 7) is 7.18. The maximum atomic E-state index is 12.5. The van der Waals surface area contributed by atoms with Gasteiger partial charge in [0.1, 0.15) is 22.8 Å². The summed E-state index contributed by atoms with van der Waals surface area (Å²) in [5, 5.41) is 6.56. The van der Waals surface area contributed by atoms with Crippen molar-refractivity contribution < 1.29 is 4.79 Å². The second kappa shape index (κ2) is 9.06. The highest BCUT2D eigenvalue weighted by Gasteiger charge is 2.18. The number of amides is 1. The molecule has 1 aliphatic heterocycles. The smallest absolute Gasteiger partial charge is 0.267 e. The van der Waals surface area contributed by atoms with Crippen molar-refractivity contribution >= 4 is 45.4 Å². The third kappa shape index (κ3) is 4.66. The fourth-order valence-corrected chi connectivity index (χ4v) is 3.94. The highest BCUT2D eigenvalue weighted by molar-refractivity contribution is 7.17. The number of nitrogen functional groups attached to an aromatic ring is 1. The first-order valence-electron chi connectivity index (χ1n) is 9.80. The van der Waals surface area contributed by atoms with Crippen LogP contribution in [0.1, 0.15) is 16.6 Å². The van der Waals surface area contributed by atoms with E-state index in [0.717, 1.165) is 38.5 Å². The van der Waals surface area contributed by atoms with Gasteiger partial charge in [0.2, 0.25) is 0 Å². The van der Waals surface area contributed by atoms with Crippen molar-refractivity contribution in [3.63, 3.8) is 0 Å². The standard InChI is InChI=1S/C20H24N8OS/c1-2-27-7-9-28(10-8-27)18-11-17(23-13-24-18)26-20-22-12-16(30-20)19(29)25-15-6-4-3-5-14(15)21/h3-6,11-13H,2,7-10,21H2,1H3,(H,25,29)(H,22,23,24,26). The molecule has 0 atom stereocenters. The number of para-hydroxylation sites is 2. The summed E-state index contributed by atoms with van der Waals surface area (Å²) < 4.78 is 0. The lowest BCUT2D eigenvalue weighted by atomic mass is 10.2. The molecule has 3 aromatic rings. The molecule has 4 rings (SSSR count). The van der Waals surface area contributed by atoms with Crippen molar-refractivity contribution in [3.05, 3.63) is 47.7 Å². The molecule has 1 amide bonds. The number of carbonyl (C=O) groups is 1. The molecule has 1 fully saturated rings. The molecular formula is C20H24N8OS. The number of hydrogen-bond acceptors (Lipinski definition) is 9. The minimum atomic E-state index is -0.254. The highest BCUT2D eigenvalue weighted by atomic mass is 32.1. The highest BCUT2D eigenvalue weighted by Crippen LogP contribution is 2.25. The predicted molar refractivity (Wildman–Crippen MR) is 121 cm³/mol. The van der Waals surface area contributed by atoms with Crippen molar-refractivity contribution in [2.24, 2.45) is 0 Å². The van der Waals surface area contributed by atoms with Gasteiger partial charge in [-0.25, -0.2) is 15.0 Å². The van der Waals surface area contributed by atoms with Crippen LogP contribution in [0.5, 0.6) is 0 Å². The second-order valence-corrected chi connectivity index (χ2v) is 7.91. The first-order chi connectivity index (χ1) is 14.6. The Kier molecular flexibility index (Phi) is 6.05. The van der Waals surface area contributed by atoms with Crippen LogP contribution in [0.25, 0.3) is 0 Å². The molecule has 1 aromatic carbocycles. The monoisotopic (exact) mass is 424 g/mol. The number of anilines is 5. The molecule has 0 saturated carbocycles. The van der Waals surface area contributed by atoms with Gasteiger partial charge in [-0.15, -0.1) is 0 Å². The number of hydrogen-bond donors (Lipinski definition) is 3. The summed E-state index contributed by atoms with van der Waals surface area (Å²) in [7, 11) is 0. The Morgan fingerprint density at radius 2 is 1.97 bits per heavy atom. The SMILES string of the molecule is CCN1CCN(c2cc(Nc3ncc(C(=O)Nc4ccccc4N)s3)ncn2)CC1. The van der Waals surface area contributed by atoms with Crippen LogP contribution in [0.2, 0.25) is 0 Å². The average Bonchev–Trinajstić information content (AvgIpc) is 3.24. The molecule has 156 valence electrons. The van der Waals surface area contributed by atoms with E-state index in [9.17, 15) is 4.79 Å². The lowest BCUT2D eigenvalue weighted by Crippen LogP contribution is -2.46. The van der Waals surface area contributed by atoms with Crippen molar-refractivity contribution in [1.82, 2.24) is 19.9 Å². The number of piperazine rings is 1. The molecule has 0 unspecified atom stereocenters. The van der Waals surface area contributed by atoms with Gasteiger partial charge in [0.15, 0.2) is 5.13 Å². The molecule has 1 aliphatic rings. The molecule has 3 heterocycles. The van der Waals surface area contributed by atoms with E-state index in [4.69, 9.17) is 5.73 Å². The van der Waals surface area contributed by atoms with Gasteiger partial charge < -0.3 is 26.2 Å². The zero-order valence-electron chi connectivity index (χ0n) is 16.7. The predicted octanol–water partition coefficient (Wildman–Crippen LogP) is 2.65. The minimum Gasteiger partial charge on any atom is -0.397 e. The fourth-order valence-electron chi connectivity index (χ4n) is 3.22. The van der Waals surface area contributed by atoms with Crippen LogP contribution < -0.4 is 21.3 Å². The Labute approximate surface area is 179 Å². The average molecular weight is 425 g/mol. The van der Waals surface area contributed by atoms with Crippen LogP contribution in [0.15, 0.2) is 42.9 Å². The van der Waals surface area contributed by atoms with Crippen molar-refractivity contribution in [2.75, 3.05) is 54.0 Å². The molecule has 0 radical (unpaired) electrons.